The molecule has 1 aromatic heterocycles. The Balaban J connectivity index is 2.16. The van der Waals surface area contributed by atoms with Crippen LogP contribution in [0.5, 0.6) is 5.75 Å². The molecule has 2 aromatic rings. The number of benzene rings is 1. The Hall–Kier alpha value is -2.28. The lowest BCUT2D eigenvalue weighted by atomic mass is 10.2. The van der Waals surface area contributed by atoms with Crippen LogP contribution in [0.25, 0.3) is 5.69 Å². The van der Waals surface area contributed by atoms with Gasteiger partial charge < -0.3 is 5.11 Å². The largest absolute Gasteiger partial charge is 0.508 e. The number of hydrogen-bond donors (Lipinski definition) is 1. The molecule has 0 amide bonds. The molecular formula is C13H11N3O. The molecule has 1 N–H and O–H groups in total. The second-order valence-electron chi connectivity index (χ2n) is 4.17. The summed E-state index contributed by atoms with van der Waals surface area (Å²) in [4.78, 5) is 0. The summed E-state index contributed by atoms with van der Waals surface area (Å²) in [6.45, 7) is 0. The Morgan fingerprint density at radius 2 is 2.00 bits per heavy atom. The number of fused-ring (bicyclic) bond motifs is 1. The van der Waals surface area contributed by atoms with Crippen LogP contribution >= 0.6 is 0 Å². The first-order chi connectivity index (χ1) is 8.29. The van der Waals surface area contributed by atoms with Crippen LogP contribution in [0, 0.1) is 11.3 Å². The van der Waals surface area contributed by atoms with Gasteiger partial charge in [0.25, 0.3) is 0 Å². The van der Waals surface area contributed by atoms with Crippen molar-refractivity contribution in [3.8, 4) is 17.5 Å². The summed E-state index contributed by atoms with van der Waals surface area (Å²) in [6, 6.07) is 9.02. The number of rotatable bonds is 1. The molecule has 3 rings (SSSR count). The van der Waals surface area contributed by atoms with Gasteiger partial charge in [0.15, 0.2) is 5.69 Å². The van der Waals surface area contributed by atoms with Crippen molar-refractivity contribution < 1.29 is 5.11 Å². The minimum Gasteiger partial charge on any atom is -0.508 e. The van der Waals surface area contributed by atoms with E-state index in [4.69, 9.17) is 5.26 Å². The third kappa shape index (κ3) is 1.48. The summed E-state index contributed by atoms with van der Waals surface area (Å²) in [6.07, 6.45) is 2.99. The molecule has 17 heavy (non-hydrogen) atoms. The van der Waals surface area contributed by atoms with Crippen LogP contribution in [-0.2, 0) is 12.8 Å². The molecule has 1 aliphatic carbocycles. The van der Waals surface area contributed by atoms with Gasteiger partial charge in [-0.3, -0.25) is 0 Å². The molecule has 84 valence electrons. The van der Waals surface area contributed by atoms with E-state index < -0.39 is 0 Å². The smallest absolute Gasteiger partial charge is 0.166 e. The first-order valence-corrected chi connectivity index (χ1v) is 5.60. The summed E-state index contributed by atoms with van der Waals surface area (Å²) in [5.74, 6) is 0.234. The predicted molar refractivity (Wildman–Crippen MR) is 62.0 cm³/mol. The van der Waals surface area contributed by atoms with E-state index in [2.05, 4.69) is 11.2 Å². The molecule has 0 atom stereocenters. The number of hydrogen-bond acceptors (Lipinski definition) is 3. The molecule has 4 heteroatoms. The average molecular weight is 225 g/mol. The quantitative estimate of drug-likeness (QED) is 0.806. The minimum absolute atomic E-state index is 0.234. The van der Waals surface area contributed by atoms with Gasteiger partial charge in [0, 0.05) is 11.3 Å². The molecule has 0 bridgehead atoms. The molecule has 0 saturated carbocycles. The van der Waals surface area contributed by atoms with E-state index in [1.165, 1.54) is 0 Å². The van der Waals surface area contributed by atoms with E-state index in [-0.39, 0.29) is 5.75 Å². The van der Waals surface area contributed by atoms with Gasteiger partial charge in [0.2, 0.25) is 0 Å². The Morgan fingerprint density at radius 3 is 2.71 bits per heavy atom. The van der Waals surface area contributed by atoms with Gasteiger partial charge in [-0.2, -0.15) is 10.4 Å². The SMILES string of the molecule is N#Cc1nn(-c2ccc(O)cc2)c2c1CCC2. The second kappa shape index (κ2) is 3.63. The van der Waals surface area contributed by atoms with E-state index in [0.29, 0.717) is 5.69 Å². The van der Waals surface area contributed by atoms with Crippen molar-refractivity contribution in [1.29, 1.82) is 5.26 Å². The van der Waals surface area contributed by atoms with Crippen molar-refractivity contribution >= 4 is 0 Å². The Morgan fingerprint density at radius 1 is 1.24 bits per heavy atom. The molecule has 1 aromatic carbocycles. The van der Waals surface area contributed by atoms with Crippen LogP contribution in [0.15, 0.2) is 24.3 Å². The number of phenolic OH excluding ortho intramolecular Hbond substituents is 1. The van der Waals surface area contributed by atoms with Crippen molar-refractivity contribution in [2.45, 2.75) is 19.3 Å². The molecule has 1 heterocycles. The lowest BCUT2D eigenvalue weighted by Gasteiger charge is -2.04. The fraction of sp³-hybridized carbons (Fsp3) is 0.231. The zero-order chi connectivity index (χ0) is 11.8. The zero-order valence-electron chi connectivity index (χ0n) is 9.22. The van der Waals surface area contributed by atoms with E-state index in [1.807, 2.05) is 16.8 Å². The Labute approximate surface area is 98.7 Å². The van der Waals surface area contributed by atoms with Crippen LogP contribution in [0.4, 0.5) is 0 Å². The Kier molecular flexibility index (Phi) is 2.12. The molecule has 0 radical (unpaired) electrons. The van der Waals surface area contributed by atoms with Crippen molar-refractivity contribution in [3.05, 3.63) is 41.2 Å². The standard InChI is InChI=1S/C13H11N3O/c14-8-12-11-2-1-3-13(11)16(15-12)9-4-6-10(17)7-5-9/h4-7,17H,1-3H2. The van der Waals surface area contributed by atoms with Gasteiger partial charge in [0.1, 0.15) is 11.8 Å². The summed E-state index contributed by atoms with van der Waals surface area (Å²) in [7, 11) is 0. The van der Waals surface area contributed by atoms with Gasteiger partial charge in [-0.25, -0.2) is 4.68 Å². The zero-order valence-corrected chi connectivity index (χ0v) is 9.22. The number of nitriles is 1. The topological polar surface area (TPSA) is 61.8 Å². The molecular weight excluding hydrogens is 214 g/mol. The molecule has 1 aliphatic rings. The van der Waals surface area contributed by atoms with Crippen molar-refractivity contribution in [1.82, 2.24) is 9.78 Å². The third-order valence-electron chi connectivity index (χ3n) is 3.13. The monoisotopic (exact) mass is 225 g/mol. The molecule has 0 fully saturated rings. The highest BCUT2D eigenvalue weighted by molar-refractivity contribution is 5.45. The highest BCUT2D eigenvalue weighted by Gasteiger charge is 2.22. The maximum Gasteiger partial charge on any atom is 0.166 e. The van der Waals surface area contributed by atoms with Gasteiger partial charge >= 0.3 is 0 Å². The van der Waals surface area contributed by atoms with Crippen LogP contribution < -0.4 is 0 Å². The molecule has 0 spiro atoms. The van der Waals surface area contributed by atoms with Crippen molar-refractivity contribution in [2.75, 3.05) is 0 Å². The van der Waals surface area contributed by atoms with Crippen molar-refractivity contribution in [2.24, 2.45) is 0 Å². The van der Waals surface area contributed by atoms with E-state index >= 15 is 0 Å². The highest BCUT2D eigenvalue weighted by Crippen LogP contribution is 2.27. The third-order valence-corrected chi connectivity index (χ3v) is 3.13. The first kappa shape index (κ1) is 9.91. The summed E-state index contributed by atoms with van der Waals surface area (Å²) >= 11 is 0. The van der Waals surface area contributed by atoms with Crippen LogP contribution in [-0.4, -0.2) is 14.9 Å². The normalized spacial score (nSPS) is 13.4. The lowest BCUT2D eigenvalue weighted by molar-refractivity contribution is 0.475. The fourth-order valence-corrected chi connectivity index (χ4v) is 2.33. The average Bonchev–Trinajstić information content (AvgIpc) is 2.91. The minimum atomic E-state index is 0.234. The molecule has 0 unspecified atom stereocenters. The predicted octanol–water partition coefficient (Wildman–Crippen LogP) is 1.94. The second-order valence-corrected chi connectivity index (χ2v) is 4.17. The van der Waals surface area contributed by atoms with E-state index in [9.17, 15) is 5.11 Å². The molecule has 0 saturated heterocycles. The van der Waals surface area contributed by atoms with Gasteiger partial charge in [-0.1, -0.05) is 0 Å². The lowest BCUT2D eigenvalue weighted by Crippen LogP contribution is -2.00. The van der Waals surface area contributed by atoms with Gasteiger partial charge in [-0.05, 0) is 43.5 Å². The first-order valence-electron chi connectivity index (χ1n) is 5.60. The molecule has 0 aliphatic heterocycles. The van der Waals surface area contributed by atoms with Crippen LogP contribution in [0.2, 0.25) is 0 Å². The summed E-state index contributed by atoms with van der Waals surface area (Å²) < 4.78 is 1.82. The maximum absolute atomic E-state index is 9.27. The van der Waals surface area contributed by atoms with Gasteiger partial charge in [-0.15, -0.1) is 0 Å². The number of nitrogens with zero attached hydrogens (tertiary/aromatic N) is 3. The van der Waals surface area contributed by atoms with E-state index in [0.717, 1.165) is 36.2 Å². The number of phenols is 1. The van der Waals surface area contributed by atoms with E-state index in [1.54, 1.807) is 12.1 Å². The fourth-order valence-electron chi connectivity index (χ4n) is 2.33. The van der Waals surface area contributed by atoms with Crippen LogP contribution in [0.3, 0.4) is 0 Å². The van der Waals surface area contributed by atoms with Crippen LogP contribution in [0.1, 0.15) is 23.4 Å². The summed E-state index contributed by atoms with van der Waals surface area (Å²) in [5.41, 5.74) is 3.64. The summed E-state index contributed by atoms with van der Waals surface area (Å²) in [5, 5.41) is 22.6. The molecule has 4 nitrogen and oxygen atoms in total. The maximum atomic E-state index is 9.27. The van der Waals surface area contributed by atoms with Crippen molar-refractivity contribution in [3.63, 3.8) is 0 Å². The highest BCUT2D eigenvalue weighted by atomic mass is 16.3. The number of aromatic nitrogens is 2. The number of aromatic hydroxyl groups is 1. The Bertz CT molecular complexity index is 605. The van der Waals surface area contributed by atoms with Gasteiger partial charge in [0.05, 0.1) is 5.69 Å².